The fourth-order valence-electron chi connectivity index (χ4n) is 0.662. The van der Waals surface area contributed by atoms with Crippen LogP contribution in [0.15, 0.2) is 18.3 Å². The average Bonchev–Trinajstić information content (AvgIpc) is 2.09. The van der Waals surface area contributed by atoms with Gasteiger partial charge < -0.3 is 11.1 Å². The van der Waals surface area contributed by atoms with Gasteiger partial charge in [0.2, 0.25) is 5.91 Å². The molecular formula is C7H8IN3O. The normalized spacial score (nSPS) is 9.50. The Balaban J connectivity index is 2.64. The summed E-state index contributed by atoms with van der Waals surface area (Å²) >= 11 is 2.09. The van der Waals surface area contributed by atoms with E-state index in [1.165, 1.54) is 0 Å². The number of nitrogens with two attached hydrogens (primary N) is 1. The van der Waals surface area contributed by atoms with E-state index in [1.54, 1.807) is 12.3 Å². The lowest BCUT2D eigenvalue weighted by molar-refractivity contribution is -0.114. The molecule has 0 radical (unpaired) electrons. The summed E-state index contributed by atoms with van der Waals surface area (Å²) in [6.07, 6.45) is 1.59. The van der Waals surface area contributed by atoms with Crippen molar-refractivity contribution < 1.29 is 4.79 Å². The van der Waals surface area contributed by atoms with Crippen molar-refractivity contribution >= 4 is 34.2 Å². The lowest BCUT2D eigenvalue weighted by Crippen LogP contribution is -2.21. The predicted molar refractivity (Wildman–Crippen MR) is 54.6 cm³/mol. The van der Waals surface area contributed by atoms with Crippen molar-refractivity contribution in [3.05, 3.63) is 22.0 Å². The van der Waals surface area contributed by atoms with Gasteiger partial charge in [-0.15, -0.1) is 0 Å². The van der Waals surface area contributed by atoms with Gasteiger partial charge in [0, 0.05) is 0 Å². The Morgan fingerprint density at radius 3 is 2.92 bits per heavy atom. The van der Waals surface area contributed by atoms with Gasteiger partial charge in [-0.2, -0.15) is 0 Å². The fourth-order valence-corrected chi connectivity index (χ4v) is 0.981. The van der Waals surface area contributed by atoms with Gasteiger partial charge in [0.15, 0.2) is 0 Å². The molecule has 1 amide bonds. The van der Waals surface area contributed by atoms with Crippen LogP contribution in [0.5, 0.6) is 0 Å². The van der Waals surface area contributed by atoms with E-state index in [1.807, 2.05) is 6.07 Å². The Bertz CT molecular complexity index is 272. The minimum atomic E-state index is -0.210. The van der Waals surface area contributed by atoms with Gasteiger partial charge >= 0.3 is 0 Å². The summed E-state index contributed by atoms with van der Waals surface area (Å²) in [5.41, 5.74) is 5.79. The Morgan fingerprint density at radius 2 is 2.42 bits per heavy atom. The molecule has 12 heavy (non-hydrogen) atoms. The van der Waals surface area contributed by atoms with Crippen LogP contribution in [0.4, 0.5) is 5.69 Å². The molecule has 0 spiro atoms. The van der Waals surface area contributed by atoms with Crippen molar-refractivity contribution in [2.45, 2.75) is 0 Å². The highest BCUT2D eigenvalue weighted by molar-refractivity contribution is 14.1. The van der Waals surface area contributed by atoms with E-state index < -0.39 is 0 Å². The van der Waals surface area contributed by atoms with Crippen LogP contribution in [0.2, 0.25) is 0 Å². The first-order chi connectivity index (χ1) is 5.72. The minimum Gasteiger partial charge on any atom is -0.324 e. The molecule has 0 aliphatic rings. The lowest BCUT2D eigenvalue weighted by atomic mass is 10.4. The number of hydrogen-bond acceptors (Lipinski definition) is 3. The molecular weight excluding hydrogens is 269 g/mol. The smallest absolute Gasteiger partial charge is 0.238 e. The SMILES string of the molecule is NCC(=O)Nc1ccc(I)nc1. The molecule has 1 aromatic heterocycles. The lowest BCUT2D eigenvalue weighted by Gasteiger charge is -2.01. The van der Waals surface area contributed by atoms with Crippen molar-refractivity contribution in [2.24, 2.45) is 5.73 Å². The molecule has 0 bridgehead atoms. The van der Waals surface area contributed by atoms with Crippen LogP contribution in [0.1, 0.15) is 0 Å². The second-order valence-electron chi connectivity index (χ2n) is 2.12. The molecule has 0 unspecified atom stereocenters. The van der Waals surface area contributed by atoms with E-state index in [0.29, 0.717) is 5.69 Å². The number of nitrogens with one attached hydrogen (secondary N) is 1. The zero-order chi connectivity index (χ0) is 8.97. The third kappa shape index (κ3) is 2.74. The van der Waals surface area contributed by atoms with Gasteiger partial charge in [-0.3, -0.25) is 4.79 Å². The number of carbonyl (C=O) groups excluding carboxylic acids is 1. The summed E-state index contributed by atoms with van der Waals surface area (Å²) in [5.74, 6) is -0.210. The molecule has 0 saturated heterocycles. The molecule has 5 heteroatoms. The highest BCUT2D eigenvalue weighted by atomic mass is 127. The molecule has 0 aliphatic heterocycles. The Hall–Kier alpha value is -0.690. The molecule has 0 aromatic carbocycles. The number of nitrogens with zero attached hydrogens (tertiary/aromatic N) is 1. The highest BCUT2D eigenvalue weighted by Crippen LogP contribution is 2.06. The second kappa shape index (κ2) is 4.36. The van der Waals surface area contributed by atoms with Gasteiger partial charge in [0.25, 0.3) is 0 Å². The van der Waals surface area contributed by atoms with Gasteiger partial charge in [0.1, 0.15) is 3.70 Å². The number of aromatic nitrogens is 1. The molecule has 0 atom stereocenters. The number of carbonyl (C=O) groups is 1. The maximum Gasteiger partial charge on any atom is 0.238 e. The molecule has 0 fully saturated rings. The molecule has 4 nitrogen and oxygen atoms in total. The summed E-state index contributed by atoms with van der Waals surface area (Å²) in [6, 6.07) is 3.59. The average molecular weight is 277 g/mol. The third-order valence-electron chi connectivity index (χ3n) is 1.20. The number of hydrogen-bond donors (Lipinski definition) is 2. The molecule has 3 N–H and O–H groups in total. The van der Waals surface area contributed by atoms with Crippen LogP contribution in [0.3, 0.4) is 0 Å². The van der Waals surface area contributed by atoms with Crippen LogP contribution in [0.25, 0.3) is 0 Å². The van der Waals surface area contributed by atoms with Crippen LogP contribution >= 0.6 is 22.6 Å². The second-order valence-corrected chi connectivity index (χ2v) is 3.23. The highest BCUT2D eigenvalue weighted by Gasteiger charge is 1.97. The summed E-state index contributed by atoms with van der Waals surface area (Å²) in [4.78, 5) is 14.8. The first-order valence-corrected chi connectivity index (χ1v) is 4.41. The van der Waals surface area contributed by atoms with Crippen LogP contribution in [-0.2, 0) is 4.79 Å². The first kappa shape index (κ1) is 9.40. The Labute approximate surface area is 83.7 Å². The van der Waals surface area contributed by atoms with E-state index in [0.717, 1.165) is 3.70 Å². The standard InChI is InChI=1S/C7H8IN3O/c8-6-2-1-5(4-10-6)11-7(12)3-9/h1-2,4H,3,9H2,(H,11,12). The number of pyridine rings is 1. The van der Waals surface area contributed by atoms with Crippen molar-refractivity contribution in [1.29, 1.82) is 0 Å². The van der Waals surface area contributed by atoms with Crippen molar-refractivity contribution in [3.8, 4) is 0 Å². The maximum atomic E-state index is 10.8. The van der Waals surface area contributed by atoms with Crippen molar-refractivity contribution in [2.75, 3.05) is 11.9 Å². The maximum absolute atomic E-state index is 10.8. The van der Waals surface area contributed by atoms with Crippen LogP contribution in [-0.4, -0.2) is 17.4 Å². The number of halogens is 1. The molecule has 0 saturated carbocycles. The van der Waals surface area contributed by atoms with Gasteiger partial charge in [-0.25, -0.2) is 4.98 Å². The fraction of sp³-hybridized carbons (Fsp3) is 0.143. The largest absolute Gasteiger partial charge is 0.324 e. The number of rotatable bonds is 2. The molecule has 0 aliphatic carbocycles. The number of anilines is 1. The molecule has 1 aromatic rings. The van der Waals surface area contributed by atoms with E-state index >= 15 is 0 Å². The van der Waals surface area contributed by atoms with Crippen LogP contribution in [0, 0.1) is 3.70 Å². The van der Waals surface area contributed by atoms with Crippen molar-refractivity contribution in [1.82, 2.24) is 4.98 Å². The number of amides is 1. The molecule has 1 heterocycles. The van der Waals surface area contributed by atoms with Crippen LogP contribution < -0.4 is 11.1 Å². The van der Waals surface area contributed by atoms with Gasteiger partial charge in [-0.1, -0.05) is 0 Å². The quantitative estimate of drug-likeness (QED) is 0.614. The summed E-state index contributed by atoms with van der Waals surface area (Å²) in [6.45, 7) is -0.00795. The first-order valence-electron chi connectivity index (χ1n) is 3.34. The summed E-state index contributed by atoms with van der Waals surface area (Å²) in [5, 5.41) is 2.59. The predicted octanol–water partition coefficient (Wildman–Crippen LogP) is 0.583. The van der Waals surface area contributed by atoms with E-state index in [9.17, 15) is 4.79 Å². The Morgan fingerprint density at radius 1 is 1.67 bits per heavy atom. The summed E-state index contributed by atoms with van der Waals surface area (Å²) < 4.78 is 0.887. The molecule has 1 rings (SSSR count). The Kier molecular flexibility index (Phi) is 3.42. The zero-order valence-corrected chi connectivity index (χ0v) is 8.41. The minimum absolute atomic E-state index is 0.00795. The van der Waals surface area contributed by atoms with Gasteiger partial charge in [0.05, 0.1) is 18.4 Å². The van der Waals surface area contributed by atoms with Crippen molar-refractivity contribution in [3.63, 3.8) is 0 Å². The molecule has 64 valence electrons. The third-order valence-corrected chi connectivity index (χ3v) is 1.83. The zero-order valence-electron chi connectivity index (χ0n) is 6.25. The van der Waals surface area contributed by atoms with E-state index in [2.05, 4.69) is 32.9 Å². The topological polar surface area (TPSA) is 68.0 Å². The van der Waals surface area contributed by atoms with E-state index in [-0.39, 0.29) is 12.5 Å². The monoisotopic (exact) mass is 277 g/mol. The van der Waals surface area contributed by atoms with E-state index in [4.69, 9.17) is 5.73 Å². The summed E-state index contributed by atoms with van der Waals surface area (Å²) in [7, 11) is 0. The van der Waals surface area contributed by atoms with Gasteiger partial charge in [-0.05, 0) is 34.7 Å².